The Kier molecular flexibility index (Phi) is 5.47. The molecule has 1 aromatic carbocycles. The predicted octanol–water partition coefficient (Wildman–Crippen LogP) is 0.422. The molecule has 0 aliphatic carbocycles. The first kappa shape index (κ1) is 15.1. The van der Waals surface area contributed by atoms with Crippen LogP contribution in [0.3, 0.4) is 0 Å². The van der Waals surface area contributed by atoms with Crippen LogP contribution in [0, 0.1) is 0 Å². The van der Waals surface area contributed by atoms with E-state index in [0.29, 0.717) is 11.1 Å². The molecule has 104 valence electrons. The molecule has 1 unspecified atom stereocenters. The minimum absolute atomic E-state index is 0.0774. The highest BCUT2D eigenvalue weighted by Gasteiger charge is 2.27. The summed E-state index contributed by atoms with van der Waals surface area (Å²) in [5.74, 6) is 4.83. The summed E-state index contributed by atoms with van der Waals surface area (Å²) in [6.45, 7) is 0. The van der Waals surface area contributed by atoms with Crippen LogP contribution in [0.5, 0.6) is 0 Å². The van der Waals surface area contributed by atoms with Gasteiger partial charge < -0.3 is 9.47 Å². The van der Waals surface area contributed by atoms with E-state index in [1.54, 1.807) is 31.3 Å². The molecule has 0 radical (unpaired) electrons. The molecule has 0 aromatic heterocycles. The van der Waals surface area contributed by atoms with Gasteiger partial charge in [0, 0.05) is 7.05 Å². The first-order chi connectivity index (χ1) is 9.01. The first-order valence-corrected chi connectivity index (χ1v) is 5.71. The highest BCUT2D eigenvalue weighted by atomic mass is 16.5. The number of carbonyl (C=O) groups is 2. The average molecular weight is 266 g/mol. The second-order valence-electron chi connectivity index (χ2n) is 4.04. The third-order valence-electron chi connectivity index (χ3n) is 2.74. The summed E-state index contributed by atoms with van der Waals surface area (Å²) in [6, 6.07) is 6.29. The second kappa shape index (κ2) is 6.86. The Balaban J connectivity index is 3.16. The Labute approximate surface area is 112 Å². The van der Waals surface area contributed by atoms with E-state index in [2.05, 4.69) is 4.74 Å². The van der Waals surface area contributed by atoms with Crippen molar-refractivity contribution in [3.63, 3.8) is 0 Å². The number of benzene rings is 1. The Bertz CT molecular complexity index is 460. The number of rotatable bonds is 5. The molecule has 0 amide bonds. The van der Waals surface area contributed by atoms with Gasteiger partial charge in [0.2, 0.25) is 0 Å². The van der Waals surface area contributed by atoms with Crippen molar-refractivity contribution in [3.8, 4) is 0 Å². The van der Waals surface area contributed by atoms with E-state index in [-0.39, 0.29) is 12.4 Å². The van der Waals surface area contributed by atoms with E-state index in [4.69, 9.17) is 10.6 Å². The Hall–Kier alpha value is -1.92. The smallest absolute Gasteiger partial charge is 0.329 e. The van der Waals surface area contributed by atoms with Crippen molar-refractivity contribution in [1.29, 1.82) is 0 Å². The van der Waals surface area contributed by atoms with Crippen molar-refractivity contribution in [2.45, 2.75) is 12.5 Å². The molecule has 0 saturated carbocycles. The third-order valence-corrected chi connectivity index (χ3v) is 2.74. The SMILES string of the molecule is COC(=O)Cc1ccccc1C(C(=O)OC)N(C)N. The molecule has 0 bridgehead atoms. The zero-order chi connectivity index (χ0) is 14.4. The number of nitrogens with zero attached hydrogens (tertiary/aromatic N) is 1. The zero-order valence-corrected chi connectivity index (χ0v) is 11.3. The highest BCUT2D eigenvalue weighted by molar-refractivity contribution is 5.79. The fourth-order valence-electron chi connectivity index (χ4n) is 1.81. The van der Waals surface area contributed by atoms with Crippen LogP contribution in [-0.2, 0) is 25.5 Å². The Morgan fingerprint density at radius 3 is 2.42 bits per heavy atom. The molecular weight excluding hydrogens is 248 g/mol. The van der Waals surface area contributed by atoms with Gasteiger partial charge in [-0.25, -0.2) is 9.80 Å². The Morgan fingerprint density at radius 1 is 1.26 bits per heavy atom. The topological polar surface area (TPSA) is 81.9 Å². The predicted molar refractivity (Wildman–Crippen MR) is 68.9 cm³/mol. The van der Waals surface area contributed by atoms with Crippen LogP contribution < -0.4 is 5.84 Å². The summed E-state index contributed by atoms with van der Waals surface area (Å²) in [7, 11) is 4.18. The first-order valence-electron chi connectivity index (χ1n) is 5.71. The number of hydrazine groups is 1. The lowest BCUT2D eigenvalue weighted by Crippen LogP contribution is -2.37. The third kappa shape index (κ3) is 3.77. The number of hydrogen-bond donors (Lipinski definition) is 1. The summed E-state index contributed by atoms with van der Waals surface area (Å²) in [6.07, 6.45) is 0.0774. The number of likely N-dealkylation sites (N-methyl/N-ethyl adjacent to an activating group) is 1. The van der Waals surface area contributed by atoms with Crippen molar-refractivity contribution in [1.82, 2.24) is 5.01 Å². The van der Waals surface area contributed by atoms with Gasteiger partial charge in [0.15, 0.2) is 0 Å². The second-order valence-corrected chi connectivity index (χ2v) is 4.04. The van der Waals surface area contributed by atoms with Crippen molar-refractivity contribution in [3.05, 3.63) is 35.4 Å². The largest absolute Gasteiger partial charge is 0.469 e. The lowest BCUT2D eigenvalue weighted by molar-refractivity contribution is -0.147. The summed E-state index contributed by atoms with van der Waals surface area (Å²) >= 11 is 0. The molecule has 1 atom stereocenters. The maximum absolute atomic E-state index is 11.8. The van der Waals surface area contributed by atoms with Gasteiger partial charge in [-0.1, -0.05) is 24.3 Å². The Morgan fingerprint density at radius 2 is 1.89 bits per heavy atom. The standard InChI is InChI=1S/C13H18N2O4/c1-15(14)12(13(17)19-3)10-7-5-4-6-9(10)8-11(16)18-2/h4-7,12H,8,14H2,1-3H3. The molecule has 0 aliphatic rings. The van der Waals surface area contributed by atoms with E-state index in [0.717, 1.165) is 0 Å². The molecule has 6 heteroatoms. The van der Waals surface area contributed by atoms with Crippen LogP contribution >= 0.6 is 0 Å². The van der Waals surface area contributed by atoms with Gasteiger partial charge in [0.1, 0.15) is 6.04 Å². The normalized spacial score (nSPS) is 12.1. The molecule has 19 heavy (non-hydrogen) atoms. The number of carbonyl (C=O) groups excluding carboxylic acids is 2. The summed E-state index contributed by atoms with van der Waals surface area (Å²) in [4.78, 5) is 23.2. The minimum atomic E-state index is -0.758. The molecule has 2 N–H and O–H groups in total. The van der Waals surface area contributed by atoms with Gasteiger partial charge in [-0.05, 0) is 11.1 Å². The van der Waals surface area contributed by atoms with E-state index < -0.39 is 12.0 Å². The fourth-order valence-corrected chi connectivity index (χ4v) is 1.81. The molecular formula is C13H18N2O4. The maximum Gasteiger partial charge on any atom is 0.329 e. The van der Waals surface area contributed by atoms with Crippen LogP contribution in [0.4, 0.5) is 0 Å². The molecule has 0 aliphatic heterocycles. The summed E-state index contributed by atoms with van der Waals surface area (Å²) in [5, 5.41) is 1.25. The van der Waals surface area contributed by atoms with Crippen LogP contribution in [0.2, 0.25) is 0 Å². The van der Waals surface area contributed by atoms with Crippen molar-refractivity contribution < 1.29 is 19.1 Å². The highest BCUT2D eigenvalue weighted by Crippen LogP contribution is 2.23. The van der Waals surface area contributed by atoms with Crippen LogP contribution in [0.25, 0.3) is 0 Å². The summed E-state index contributed by atoms with van der Waals surface area (Å²) in [5.41, 5.74) is 1.31. The van der Waals surface area contributed by atoms with Crippen molar-refractivity contribution in [2.75, 3.05) is 21.3 Å². The molecule has 0 spiro atoms. The molecule has 0 fully saturated rings. The van der Waals surface area contributed by atoms with Gasteiger partial charge in [0.25, 0.3) is 0 Å². The number of esters is 2. The van der Waals surface area contributed by atoms with Gasteiger partial charge in [0.05, 0.1) is 20.6 Å². The zero-order valence-electron chi connectivity index (χ0n) is 11.3. The van der Waals surface area contributed by atoms with E-state index in [1.807, 2.05) is 0 Å². The number of ether oxygens (including phenoxy) is 2. The average Bonchev–Trinajstić information content (AvgIpc) is 2.40. The maximum atomic E-state index is 11.8. The molecule has 0 heterocycles. The van der Waals surface area contributed by atoms with Crippen molar-refractivity contribution >= 4 is 11.9 Å². The fraction of sp³-hybridized carbons (Fsp3) is 0.385. The van der Waals surface area contributed by atoms with Crippen LogP contribution in [0.15, 0.2) is 24.3 Å². The number of nitrogens with two attached hydrogens (primary N) is 1. The van der Waals surface area contributed by atoms with E-state index >= 15 is 0 Å². The van der Waals surface area contributed by atoms with Gasteiger partial charge in [-0.3, -0.25) is 10.6 Å². The van der Waals surface area contributed by atoms with E-state index in [1.165, 1.54) is 19.2 Å². The summed E-state index contributed by atoms with van der Waals surface area (Å²) < 4.78 is 9.37. The van der Waals surface area contributed by atoms with Gasteiger partial charge in [-0.15, -0.1) is 0 Å². The molecule has 1 aromatic rings. The number of hydrogen-bond acceptors (Lipinski definition) is 6. The van der Waals surface area contributed by atoms with Crippen molar-refractivity contribution in [2.24, 2.45) is 5.84 Å². The number of methoxy groups -OCH3 is 2. The van der Waals surface area contributed by atoms with E-state index in [9.17, 15) is 9.59 Å². The van der Waals surface area contributed by atoms with Crippen LogP contribution in [0.1, 0.15) is 17.2 Å². The minimum Gasteiger partial charge on any atom is -0.469 e. The quantitative estimate of drug-likeness (QED) is 0.472. The lowest BCUT2D eigenvalue weighted by atomic mass is 9.98. The molecule has 1 rings (SSSR count). The molecule has 6 nitrogen and oxygen atoms in total. The monoisotopic (exact) mass is 266 g/mol. The van der Waals surface area contributed by atoms with Crippen LogP contribution in [-0.4, -0.2) is 38.2 Å². The van der Waals surface area contributed by atoms with Gasteiger partial charge >= 0.3 is 11.9 Å². The molecule has 0 saturated heterocycles. The lowest BCUT2D eigenvalue weighted by Gasteiger charge is -2.23. The van der Waals surface area contributed by atoms with Gasteiger partial charge in [-0.2, -0.15) is 0 Å².